The highest BCUT2D eigenvalue weighted by Crippen LogP contribution is 2.26. The third-order valence-electron chi connectivity index (χ3n) is 0.791. The SMILES string of the molecule is N#Cc1occ(Cl)c1Cl. The molecule has 0 unspecified atom stereocenters. The summed E-state index contributed by atoms with van der Waals surface area (Å²) in [7, 11) is 0. The van der Waals surface area contributed by atoms with Gasteiger partial charge in [-0.05, 0) is 0 Å². The van der Waals surface area contributed by atoms with E-state index in [4.69, 9.17) is 28.5 Å². The van der Waals surface area contributed by atoms with E-state index < -0.39 is 0 Å². The molecule has 9 heavy (non-hydrogen) atoms. The monoisotopic (exact) mass is 161 g/mol. The number of nitriles is 1. The highest BCUT2D eigenvalue weighted by atomic mass is 35.5. The van der Waals surface area contributed by atoms with Gasteiger partial charge in [0.2, 0.25) is 5.76 Å². The fourth-order valence-corrected chi connectivity index (χ4v) is 0.660. The predicted octanol–water partition coefficient (Wildman–Crippen LogP) is 2.46. The number of halogens is 2. The van der Waals surface area contributed by atoms with Crippen molar-refractivity contribution in [3.05, 3.63) is 22.1 Å². The molecule has 0 radical (unpaired) electrons. The lowest BCUT2D eigenvalue weighted by Gasteiger charge is -1.76. The van der Waals surface area contributed by atoms with E-state index in [2.05, 4.69) is 4.42 Å². The molecular weight excluding hydrogens is 161 g/mol. The Morgan fingerprint density at radius 1 is 1.56 bits per heavy atom. The van der Waals surface area contributed by atoms with Crippen LogP contribution < -0.4 is 0 Å². The Balaban J connectivity index is 3.24. The van der Waals surface area contributed by atoms with Gasteiger partial charge in [0.1, 0.15) is 17.4 Å². The molecule has 0 aromatic carbocycles. The van der Waals surface area contributed by atoms with Gasteiger partial charge in [0, 0.05) is 0 Å². The third-order valence-corrected chi connectivity index (χ3v) is 1.54. The van der Waals surface area contributed by atoms with Crippen LogP contribution in [0.1, 0.15) is 5.76 Å². The third kappa shape index (κ3) is 1.02. The first kappa shape index (κ1) is 6.47. The molecule has 4 heteroatoms. The van der Waals surface area contributed by atoms with Crippen LogP contribution in [0, 0.1) is 11.3 Å². The smallest absolute Gasteiger partial charge is 0.223 e. The molecule has 2 nitrogen and oxygen atoms in total. The zero-order valence-electron chi connectivity index (χ0n) is 4.19. The average molecular weight is 162 g/mol. The van der Waals surface area contributed by atoms with Crippen LogP contribution in [0.2, 0.25) is 10.0 Å². The summed E-state index contributed by atoms with van der Waals surface area (Å²) in [6.45, 7) is 0. The van der Waals surface area contributed by atoms with Crippen molar-refractivity contribution in [1.29, 1.82) is 5.26 Å². The van der Waals surface area contributed by atoms with Crippen molar-refractivity contribution in [3.8, 4) is 6.07 Å². The van der Waals surface area contributed by atoms with Crippen LogP contribution in [0.3, 0.4) is 0 Å². The molecule has 0 saturated heterocycles. The molecule has 0 fully saturated rings. The van der Waals surface area contributed by atoms with E-state index in [9.17, 15) is 0 Å². The van der Waals surface area contributed by atoms with Gasteiger partial charge >= 0.3 is 0 Å². The number of nitrogens with zero attached hydrogens (tertiary/aromatic N) is 1. The first-order valence-electron chi connectivity index (χ1n) is 2.08. The largest absolute Gasteiger partial charge is 0.451 e. The fraction of sp³-hybridized carbons (Fsp3) is 0. The van der Waals surface area contributed by atoms with Crippen LogP contribution in [0.15, 0.2) is 10.7 Å². The van der Waals surface area contributed by atoms with E-state index in [1.165, 1.54) is 6.26 Å². The lowest BCUT2D eigenvalue weighted by molar-refractivity contribution is 0.553. The van der Waals surface area contributed by atoms with Gasteiger partial charge in [-0.2, -0.15) is 5.26 Å². The summed E-state index contributed by atoms with van der Waals surface area (Å²) in [4.78, 5) is 0. The molecule has 0 aliphatic carbocycles. The molecule has 1 aromatic heterocycles. The first-order valence-corrected chi connectivity index (χ1v) is 2.84. The molecule has 0 N–H and O–H groups in total. The van der Waals surface area contributed by atoms with Crippen molar-refractivity contribution in [2.45, 2.75) is 0 Å². The van der Waals surface area contributed by atoms with Crippen LogP contribution in [0.25, 0.3) is 0 Å². The van der Waals surface area contributed by atoms with Gasteiger partial charge < -0.3 is 4.42 Å². The zero-order chi connectivity index (χ0) is 6.85. The van der Waals surface area contributed by atoms with E-state index in [1.54, 1.807) is 6.07 Å². The number of furan rings is 1. The maximum atomic E-state index is 8.24. The lowest BCUT2D eigenvalue weighted by Crippen LogP contribution is -1.62. The molecule has 1 aromatic rings. The first-order chi connectivity index (χ1) is 4.25. The Morgan fingerprint density at radius 2 is 2.22 bits per heavy atom. The maximum absolute atomic E-state index is 8.24. The predicted molar refractivity (Wildman–Crippen MR) is 33.4 cm³/mol. The van der Waals surface area contributed by atoms with Crippen LogP contribution in [0.4, 0.5) is 0 Å². The number of hydrogen-bond acceptors (Lipinski definition) is 2. The Hall–Kier alpha value is -0.650. The van der Waals surface area contributed by atoms with E-state index in [0.29, 0.717) is 0 Å². The van der Waals surface area contributed by atoms with Crippen molar-refractivity contribution in [3.63, 3.8) is 0 Å². The Bertz CT molecular complexity index is 260. The van der Waals surface area contributed by atoms with Crippen LogP contribution >= 0.6 is 23.2 Å². The molecule has 0 bridgehead atoms. The zero-order valence-corrected chi connectivity index (χ0v) is 5.70. The summed E-state index contributed by atoms with van der Waals surface area (Å²) >= 11 is 10.9. The normalized spacial score (nSPS) is 9.00. The number of rotatable bonds is 0. The quantitative estimate of drug-likeness (QED) is 0.587. The summed E-state index contributed by atoms with van der Waals surface area (Å²) in [5.41, 5.74) is 0. The summed E-state index contributed by atoms with van der Waals surface area (Å²) in [5.74, 6) is 0.0571. The summed E-state index contributed by atoms with van der Waals surface area (Å²) in [6.07, 6.45) is 1.22. The molecule has 0 aliphatic heterocycles. The van der Waals surface area contributed by atoms with Gasteiger partial charge in [0.05, 0.1) is 5.02 Å². The summed E-state index contributed by atoms with van der Waals surface area (Å²) < 4.78 is 4.62. The van der Waals surface area contributed by atoms with Gasteiger partial charge in [-0.25, -0.2) is 0 Å². The second kappa shape index (κ2) is 2.30. The summed E-state index contributed by atoms with van der Waals surface area (Å²) in [5, 5.41) is 8.70. The molecular formula is C5HCl2NO. The molecule has 0 saturated carbocycles. The molecule has 0 aliphatic rings. The summed E-state index contributed by atoms with van der Waals surface area (Å²) in [6, 6.07) is 1.73. The van der Waals surface area contributed by atoms with Crippen molar-refractivity contribution >= 4 is 23.2 Å². The average Bonchev–Trinajstić information content (AvgIpc) is 2.15. The second-order valence-electron chi connectivity index (χ2n) is 1.34. The van der Waals surface area contributed by atoms with E-state index in [1.807, 2.05) is 0 Å². The minimum atomic E-state index is 0.0571. The Kier molecular flexibility index (Phi) is 1.65. The van der Waals surface area contributed by atoms with Crippen LogP contribution in [-0.2, 0) is 0 Å². The highest BCUT2D eigenvalue weighted by molar-refractivity contribution is 6.42. The minimum absolute atomic E-state index is 0.0571. The van der Waals surface area contributed by atoms with Crippen molar-refractivity contribution in [2.75, 3.05) is 0 Å². The fourth-order valence-electron chi connectivity index (χ4n) is 0.398. The standard InChI is InChI=1S/C5HCl2NO/c6-3-2-9-4(1-8)5(3)7/h2H. The van der Waals surface area contributed by atoms with Gasteiger partial charge in [-0.3, -0.25) is 0 Å². The second-order valence-corrected chi connectivity index (χ2v) is 2.12. The van der Waals surface area contributed by atoms with Crippen LogP contribution in [0.5, 0.6) is 0 Å². The molecule has 0 atom stereocenters. The van der Waals surface area contributed by atoms with E-state index >= 15 is 0 Å². The molecule has 1 rings (SSSR count). The van der Waals surface area contributed by atoms with Crippen molar-refractivity contribution in [1.82, 2.24) is 0 Å². The number of hydrogen-bond donors (Lipinski definition) is 0. The minimum Gasteiger partial charge on any atom is -0.451 e. The topological polar surface area (TPSA) is 36.9 Å². The van der Waals surface area contributed by atoms with Gasteiger partial charge in [-0.15, -0.1) is 0 Å². The van der Waals surface area contributed by atoms with Crippen LogP contribution in [-0.4, -0.2) is 0 Å². The Labute approximate surface area is 61.6 Å². The lowest BCUT2D eigenvalue weighted by atomic mass is 10.5. The van der Waals surface area contributed by atoms with Gasteiger partial charge in [-0.1, -0.05) is 23.2 Å². The van der Waals surface area contributed by atoms with Crippen molar-refractivity contribution < 1.29 is 4.42 Å². The van der Waals surface area contributed by atoms with Crippen molar-refractivity contribution in [2.24, 2.45) is 0 Å². The van der Waals surface area contributed by atoms with Gasteiger partial charge in [0.25, 0.3) is 0 Å². The molecule has 0 spiro atoms. The van der Waals surface area contributed by atoms with Gasteiger partial charge in [0.15, 0.2) is 0 Å². The maximum Gasteiger partial charge on any atom is 0.223 e. The van der Waals surface area contributed by atoms with E-state index in [-0.39, 0.29) is 15.8 Å². The molecule has 46 valence electrons. The Morgan fingerprint density at radius 3 is 2.44 bits per heavy atom. The molecule has 1 heterocycles. The highest BCUT2D eigenvalue weighted by Gasteiger charge is 2.07. The molecule has 0 amide bonds. The van der Waals surface area contributed by atoms with E-state index in [0.717, 1.165) is 0 Å².